The molecule has 1 aliphatic carbocycles. The van der Waals surface area contributed by atoms with Gasteiger partial charge in [-0.15, -0.1) is 24.0 Å². The summed E-state index contributed by atoms with van der Waals surface area (Å²) in [5, 5.41) is 8.09. The van der Waals surface area contributed by atoms with Crippen LogP contribution in [-0.2, 0) is 6.54 Å². The Balaban J connectivity index is 0.00000176. The van der Waals surface area contributed by atoms with Gasteiger partial charge in [0.05, 0.1) is 0 Å². The average molecular weight is 412 g/mol. The van der Waals surface area contributed by atoms with Crippen LogP contribution >= 0.6 is 24.0 Å². The molecule has 1 heterocycles. The minimum Gasteiger partial charge on any atom is -0.356 e. The number of nitrogens with zero attached hydrogens (tertiary/aromatic N) is 2. The molecule has 0 bridgehead atoms. The number of aromatic nitrogens is 1. The fraction of sp³-hybridized carbons (Fsp3) is 0.471. The van der Waals surface area contributed by atoms with E-state index in [4.69, 9.17) is 0 Å². The van der Waals surface area contributed by atoms with Gasteiger partial charge in [0.15, 0.2) is 5.96 Å². The van der Waals surface area contributed by atoms with Crippen molar-refractivity contribution < 1.29 is 0 Å². The minimum atomic E-state index is 0. The van der Waals surface area contributed by atoms with Crippen LogP contribution in [0.1, 0.15) is 19.3 Å². The third-order valence-corrected chi connectivity index (χ3v) is 4.03. The number of halogens is 1. The van der Waals surface area contributed by atoms with Crippen LogP contribution in [-0.4, -0.2) is 30.7 Å². The van der Waals surface area contributed by atoms with Crippen molar-refractivity contribution in [3.05, 3.63) is 36.5 Å². The number of hydrogen-bond acceptors (Lipinski definition) is 1. The monoisotopic (exact) mass is 412 g/mol. The summed E-state index contributed by atoms with van der Waals surface area (Å²) in [4.78, 5) is 4.26. The van der Waals surface area contributed by atoms with Crippen molar-refractivity contribution in [1.82, 2.24) is 15.2 Å². The lowest BCUT2D eigenvalue weighted by molar-refractivity contribution is 0.637. The van der Waals surface area contributed by atoms with Gasteiger partial charge in [-0.2, -0.15) is 0 Å². The predicted octanol–water partition coefficient (Wildman–Crippen LogP) is 3.22. The number of para-hydroxylation sites is 1. The maximum atomic E-state index is 4.26. The summed E-state index contributed by atoms with van der Waals surface area (Å²) in [6, 6.07) is 10.7. The first kappa shape index (κ1) is 17.1. The number of fused-ring (bicyclic) bond motifs is 1. The zero-order valence-electron chi connectivity index (χ0n) is 13.1. The predicted molar refractivity (Wildman–Crippen MR) is 104 cm³/mol. The Labute approximate surface area is 149 Å². The van der Waals surface area contributed by atoms with E-state index in [9.17, 15) is 0 Å². The molecule has 0 atom stereocenters. The van der Waals surface area contributed by atoms with Gasteiger partial charge >= 0.3 is 0 Å². The summed E-state index contributed by atoms with van der Waals surface area (Å²) in [6.07, 6.45) is 5.99. The van der Waals surface area contributed by atoms with Crippen LogP contribution < -0.4 is 10.6 Å². The van der Waals surface area contributed by atoms with Gasteiger partial charge in [-0.25, -0.2) is 0 Å². The maximum absolute atomic E-state index is 4.26. The number of hydrogen-bond donors (Lipinski definition) is 2. The van der Waals surface area contributed by atoms with Gasteiger partial charge in [-0.1, -0.05) is 18.2 Å². The molecular formula is C17H25IN4. The first-order chi connectivity index (χ1) is 10.4. The fourth-order valence-electron chi connectivity index (χ4n) is 2.58. The van der Waals surface area contributed by atoms with Crippen molar-refractivity contribution in [3.63, 3.8) is 0 Å². The van der Waals surface area contributed by atoms with Crippen LogP contribution in [0.5, 0.6) is 0 Å². The molecule has 1 aromatic heterocycles. The highest BCUT2D eigenvalue weighted by atomic mass is 127. The highest BCUT2D eigenvalue weighted by molar-refractivity contribution is 14.0. The van der Waals surface area contributed by atoms with Crippen molar-refractivity contribution in [2.75, 3.05) is 20.1 Å². The van der Waals surface area contributed by atoms with Gasteiger partial charge in [0, 0.05) is 38.4 Å². The lowest BCUT2D eigenvalue weighted by atomic mass is 10.2. The molecule has 1 saturated carbocycles. The van der Waals surface area contributed by atoms with Crippen molar-refractivity contribution in [2.45, 2.75) is 25.8 Å². The molecule has 0 aliphatic heterocycles. The Morgan fingerprint density at radius 3 is 2.82 bits per heavy atom. The molecule has 0 saturated heterocycles. The third kappa shape index (κ3) is 4.63. The average Bonchev–Trinajstić information content (AvgIpc) is 3.26. The maximum Gasteiger partial charge on any atom is 0.190 e. The Hall–Kier alpha value is -1.24. The number of benzene rings is 1. The molecule has 5 heteroatoms. The molecule has 22 heavy (non-hydrogen) atoms. The van der Waals surface area contributed by atoms with Gasteiger partial charge in [0.2, 0.25) is 0 Å². The van der Waals surface area contributed by atoms with Crippen LogP contribution in [0.4, 0.5) is 0 Å². The molecule has 4 nitrogen and oxygen atoms in total. The van der Waals surface area contributed by atoms with Crippen molar-refractivity contribution >= 4 is 40.8 Å². The summed E-state index contributed by atoms with van der Waals surface area (Å²) in [5.41, 5.74) is 1.31. The summed E-state index contributed by atoms with van der Waals surface area (Å²) in [6.45, 7) is 3.03. The van der Waals surface area contributed by atoms with Crippen LogP contribution in [0.3, 0.4) is 0 Å². The van der Waals surface area contributed by atoms with E-state index in [1.165, 1.54) is 23.7 Å². The molecule has 0 spiro atoms. The first-order valence-corrected chi connectivity index (χ1v) is 7.85. The van der Waals surface area contributed by atoms with E-state index in [0.717, 1.165) is 37.9 Å². The molecule has 0 amide bonds. The molecule has 1 aliphatic rings. The van der Waals surface area contributed by atoms with E-state index in [0.29, 0.717) is 0 Å². The van der Waals surface area contributed by atoms with Crippen molar-refractivity contribution in [1.29, 1.82) is 0 Å². The second-order valence-corrected chi connectivity index (χ2v) is 5.74. The number of aliphatic imine (C=N–C) groups is 1. The second kappa shape index (κ2) is 8.41. The summed E-state index contributed by atoms with van der Waals surface area (Å²) >= 11 is 0. The molecule has 1 fully saturated rings. The van der Waals surface area contributed by atoms with Gasteiger partial charge in [-0.3, -0.25) is 4.99 Å². The molecule has 2 aromatic rings. The van der Waals surface area contributed by atoms with E-state index in [-0.39, 0.29) is 24.0 Å². The largest absolute Gasteiger partial charge is 0.356 e. The SMILES string of the molecule is CN=C(NCCCn1ccc2ccccc21)NCC1CC1.I. The zero-order valence-corrected chi connectivity index (χ0v) is 15.4. The van der Waals surface area contributed by atoms with Crippen molar-refractivity contribution in [2.24, 2.45) is 10.9 Å². The molecule has 120 valence electrons. The van der Waals surface area contributed by atoms with E-state index in [2.05, 4.69) is 56.7 Å². The van der Waals surface area contributed by atoms with Crippen LogP contribution in [0.15, 0.2) is 41.5 Å². The summed E-state index contributed by atoms with van der Waals surface area (Å²) in [7, 11) is 1.84. The summed E-state index contributed by atoms with van der Waals surface area (Å²) < 4.78 is 2.32. The Morgan fingerprint density at radius 1 is 1.23 bits per heavy atom. The van der Waals surface area contributed by atoms with Gasteiger partial charge in [0.25, 0.3) is 0 Å². The normalized spacial score (nSPS) is 14.7. The molecule has 0 radical (unpaired) electrons. The zero-order chi connectivity index (χ0) is 14.5. The lowest BCUT2D eigenvalue weighted by Crippen LogP contribution is -2.38. The number of rotatable bonds is 6. The van der Waals surface area contributed by atoms with E-state index in [1.807, 2.05) is 7.05 Å². The standard InChI is InChI=1S/C17H24N4.HI/c1-18-17(20-13-14-7-8-14)19-10-4-11-21-12-9-15-5-2-3-6-16(15)21;/h2-3,5-6,9,12,14H,4,7-8,10-11,13H2,1H3,(H2,18,19,20);1H. The first-order valence-electron chi connectivity index (χ1n) is 7.85. The van der Waals surface area contributed by atoms with Gasteiger partial charge in [0.1, 0.15) is 0 Å². The Kier molecular flexibility index (Phi) is 6.54. The van der Waals surface area contributed by atoms with E-state index >= 15 is 0 Å². The van der Waals surface area contributed by atoms with E-state index in [1.54, 1.807) is 0 Å². The number of guanidine groups is 1. The topological polar surface area (TPSA) is 41.4 Å². The Morgan fingerprint density at radius 2 is 2.05 bits per heavy atom. The smallest absolute Gasteiger partial charge is 0.190 e. The lowest BCUT2D eigenvalue weighted by Gasteiger charge is -2.12. The van der Waals surface area contributed by atoms with Gasteiger partial charge < -0.3 is 15.2 Å². The molecular weight excluding hydrogens is 387 g/mol. The quantitative estimate of drug-likeness (QED) is 0.331. The summed E-state index contributed by atoms with van der Waals surface area (Å²) in [5.74, 6) is 1.80. The number of aryl methyl sites for hydroxylation is 1. The van der Waals surface area contributed by atoms with E-state index < -0.39 is 0 Å². The number of nitrogens with one attached hydrogen (secondary N) is 2. The van der Waals surface area contributed by atoms with Crippen LogP contribution in [0, 0.1) is 5.92 Å². The molecule has 0 unspecified atom stereocenters. The minimum absolute atomic E-state index is 0. The Bertz CT molecular complexity index is 616. The van der Waals surface area contributed by atoms with Gasteiger partial charge in [-0.05, 0) is 42.7 Å². The van der Waals surface area contributed by atoms with Crippen LogP contribution in [0.25, 0.3) is 10.9 Å². The van der Waals surface area contributed by atoms with Crippen molar-refractivity contribution in [3.8, 4) is 0 Å². The molecule has 3 rings (SSSR count). The second-order valence-electron chi connectivity index (χ2n) is 5.74. The molecule has 1 aromatic carbocycles. The third-order valence-electron chi connectivity index (χ3n) is 4.03. The van der Waals surface area contributed by atoms with Crippen LogP contribution in [0.2, 0.25) is 0 Å². The fourth-order valence-corrected chi connectivity index (χ4v) is 2.58. The highest BCUT2D eigenvalue weighted by Gasteiger charge is 2.20. The molecule has 2 N–H and O–H groups in total. The highest BCUT2D eigenvalue weighted by Crippen LogP contribution is 2.27.